The third-order valence-electron chi connectivity index (χ3n) is 5.29. The number of carbonyl (C=O) groups excluding carboxylic acids is 1. The number of hydrogen-bond donors (Lipinski definition) is 1. The zero-order chi connectivity index (χ0) is 24.7. The number of ether oxygens (including phenoxy) is 1. The van der Waals surface area contributed by atoms with Gasteiger partial charge < -0.3 is 10.1 Å². The van der Waals surface area contributed by atoms with Crippen LogP contribution in [-0.4, -0.2) is 28.0 Å². The zero-order valence-corrected chi connectivity index (χ0v) is 20.3. The van der Waals surface area contributed by atoms with E-state index in [-0.39, 0.29) is 22.5 Å². The minimum absolute atomic E-state index is 0.0426. The summed E-state index contributed by atoms with van der Waals surface area (Å²) >= 11 is 0. The molecule has 3 aromatic rings. The summed E-state index contributed by atoms with van der Waals surface area (Å²) in [6.07, 6.45) is 0.667. The molecule has 0 aliphatic carbocycles. The van der Waals surface area contributed by atoms with Crippen LogP contribution in [-0.2, 0) is 14.8 Å². The minimum Gasteiger partial charge on any atom is -0.497 e. The molecule has 8 heteroatoms. The second kappa shape index (κ2) is 11.2. The van der Waals surface area contributed by atoms with Crippen molar-refractivity contribution in [3.8, 4) is 5.75 Å². The predicted octanol–water partition coefficient (Wildman–Crippen LogP) is 4.93. The highest BCUT2D eigenvalue weighted by molar-refractivity contribution is 7.92. The highest BCUT2D eigenvalue weighted by Crippen LogP contribution is 2.26. The second-order valence-electron chi connectivity index (χ2n) is 8.32. The van der Waals surface area contributed by atoms with Crippen molar-refractivity contribution in [2.24, 2.45) is 5.92 Å². The van der Waals surface area contributed by atoms with Gasteiger partial charge in [-0.3, -0.25) is 9.10 Å². The molecule has 0 unspecified atom stereocenters. The van der Waals surface area contributed by atoms with Crippen molar-refractivity contribution in [1.29, 1.82) is 0 Å². The fourth-order valence-corrected chi connectivity index (χ4v) is 5.04. The van der Waals surface area contributed by atoms with Gasteiger partial charge in [-0.15, -0.1) is 0 Å². The Hall–Kier alpha value is -3.39. The predicted molar refractivity (Wildman–Crippen MR) is 131 cm³/mol. The van der Waals surface area contributed by atoms with Crippen molar-refractivity contribution in [3.05, 3.63) is 90.2 Å². The molecule has 0 aromatic heterocycles. The summed E-state index contributed by atoms with van der Waals surface area (Å²) in [7, 11) is -2.48. The van der Waals surface area contributed by atoms with Crippen LogP contribution < -0.4 is 14.4 Å². The SMILES string of the molecule is COc1ccc([C@H](CC(C)C)NC(=O)CN(c2ccc(F)cc2)S(=O)(=O)c2ccccc2)cc1. The average molecular weight is 485 g/mol. The summed E-state index contributed by atoms with van der Waals surface area (Å²) in [6.45, 7) is 3.65. The fraction of sp³-hybridized carbons (Fsp3) is 0.269. The molecule has 3 rings (SSSR count). The monoisotopic (exact) mass is 484 g/mol. The highest BCUT2D eigenvalue weighted by Gasteiger charge is 2.28. The molecule has 0 bridgehead atoms. The van der Waals surface area contributed by atoms with Gasteiger partial charge >= 0.3 is 0 Å². The van der Waals surface area contributed by atoms with Gasteiger partial charge in [-0.25, -0.2) is 12.8 Å². The molecule has 0 radical (unpaired) electrons. The Morgan fingerprint density at radius 2 is 1.59 bits per heavy atom. The van der Waals surface area contributed by atoms with E-state index in [1.54, 1.807) is 25.3 Å². The van der Waals surface area contributed by atoms with Crippen molar-refractivity contribution in [2.45, 2.75) is 31.2 Å². The lowest BCUT2D eigenvalue weighted by Crippen LogP contribution is -2.42. The van der Waals surface area contributed by atoms with Gasteiger partial charge in [-0.2, -0.15) is 0 Å². The first kappa shape index (κ1) is 25.2. The normalized spacial score (nSPS) is 12.3. The molecule has 0 saturated carbocycles. The van der Waals surface area contributed by atoms with Gasteiger partial charge in [0.15, 0.2) is 0 Å². The Morgan fingerprint density at radius 3 is 2.15 bits per heavy atom. The summed E-state index contributed by atoms with van der Waals surface area (Å²) in [6, 6.07) is 20.0. The summed E-state index contributed by atoms with van der Waals surface area (Å²) in [5.74, 6) is 0.0236. The first-order chi connectivity index (χ1) is 16.2. The number of anilines is 1. The van der Waals surface area contributed by atoms with Gasteiger partial charge in [0.1, 0.15) is 18.1 Å². The molecular formula is C26H29FN2O4S. The third kappa shape index (κ3) is 6.35. The van der Waals surface area contributed by atoms with Gasteiger partial charge in [0.25, 0.3) is 10.0 Å². The maximum Gasteiger partial charge on any atom is 0.264 e. The molecule has 1 atom stereocenters. The van der Waals surface area contributed by atoms with Crippen molar-refractivity contribution >= 4 is 21.6 Å². The Balaban J connectivity index is 1.89. The molecule has 0 heterocycles. The lowest BCUT2D eigenvalue weighted by Gasteiger charge is -2.26. The van der Waals surface area contributed by atoms with E-state index in [2.05, 4.69) is 5.32 Å². The molecular weight excluding hydrogens is 455 g/mol. The molecule has 0 saturated heterocycles. The smallest absolute Gasteiger partial charge is 0.264 e. The maximum absolute atomic E-state index is 13.5. The number of nitrogens with one attached hydrogen (secondary N) is 1. The molecule has 0 spiro atoms. The molecule has 0 fully saturated rings. The van der Waals surface area contributed by atoms with Crippen LogP contribution in [0.2, 0.25) is 0 Å². The van der Waals surface area contributed by atoms with Crippen LogP contribution in [0.5, 0.6) is 5.75 Å². The van der Waals surface area contributed by atoms with Gasteiger partial charge in [-0.1, -0.05) is 44.2 Å². The Labute approximate surface area is 200 Å². The first-order valence-corrected chi connectivity index (χ1v) is 12.4. The van der Waals surface area contributed by atoms with Gasteiger partial charge in [0.05, 0.1) is 23.7 Å². The number of amides is 1. The van der Waals surface area contributed by atoms with Crippen molar-refractivity contribution in [2.75, 3.05) is 18.0 Å². The lowest BCUT2D eigenvalue weighted by molar-refractivity contribution is -0.120. The number of carbonyl (C=O) groups is 1. The van der Waals surface area contributed by atoms with Crippen LogP contribution in [0.4, 0.5) is 10.1 Å². The van der Waals surface area contributed by atoms with Crippen LogP contribution in [0.25, 0.3) is 0 Å². The van der Waals surface area contributed by atoms with Gasteiger partial charge in [0.2, 0.25) is 5.91 Å². The maximum atomic E-state index is 13.5. The Kier molecular flexibility index (Phi) is 8.28. The number of rotatable bonds is 10. The summed E-state index contributed by atoms with van der Waals surface area (Å²) in [5, 5.41) is 2.98. The van der Waals surface area contributed by atoms with Gasteiger partial charge in [-0.05, 0) is 66.4 Å². The number of methoxy groups -OCH3 is 1. The second-order valence-corrected chi connectivity index (χ2v) is 10.2. The summed E-state index contributed by atoms with van der Waals surface area (Å²) in [5.41, 5.74) is 1.09. The lowest BCUT2D eigenvalue weighted by atomic mass is 9.97. The summed E-state index contributed by atoms with van der Waals surface area (Å²) in [4.78, 5) is 13.2. The minimum atomic E-state index is -4.06. The zero-order valence-electron chi connectivity index (χ0n) is 19.4. The number of benzene rings is 3. The largest absolute Gasteiger partial charge is 0.497 e. The fourth-order valence-electron chi connectivity index (χ4n) is 3.60. The first-order valence-electron chi connectivity index (χ1n) is 11.0. The number of nitrogens with zero attached hydrogens (tertiary/aromatic N) is 1. The Bertz CT molecular complexity index is 1180. The van der Waals surface area contributed by atoms with Crippen molar-refractivity contribution < 1.29 is 22.3 Å². The van der Waals surface area contributed by atoms with E-state index in [4.69, 9.17) is 4.74 Å². The topological polar surface area (TPSA) is 75.7 Å². The third-order valence-corrected chi connectivity index (χ3v) is 7.08. The van der Waals surface area contributed by atoms with E-state index in [1.165, 1.54) is 36.4 Å². The van der Waals surface area contributed by atoms with E-state index >= 15 is 0 Å². The molecule has 0 aliphatic heterocycles. The Morgan fingerprint density at radius 1 is 0.971 bits per heavy atom. The number of halogens is 1. The van der Waals surface area contributed by atoms with Crippen LogP contribution in [0.15, 0.2) is 83.8 Å². The van der Waals surface area contributed by atoms with Crippen LogP contribution in [0.1, 0.15) is 31.9 Å². The molecule has 6 nitrogen and oxygen atoms in total. The van der Waals surface area contributed by atoms with E-state index in [1.807, 2.05) is 38.1 Å². The van der Waals surface area contributed by atoms with E-state index < -0.39 is 28.3 Å². The molecule has 34 heavy (non-hydrogen) atoms. The van der Waals surface area contributed by atoms with Crippen LogP contribution in [0.3, 0.4) is 0 Å². The molecule has 180 valence electrons. The molecule has 0 aliphatic rings. The molecule has 1 amide bonds. The van der Waals surface area contributed by atoms with Crippen LogP contribution >= 0.6 is 0 Å². The standard InChI is InChI=1S/C26H29FN2O4S/c1-19(2)17-25(20-9-15-23(33-3)16-10-20)28-26(30)18-29(22-13-11-21(27)12-14-22)34(31,32)24-7-5-4-6-8-24/h4-16,19,25H,17-18H2,1-3H3,(H,28,30)/t25-/m0/s1. The van der Waals surface area contributed by atoms with E-state index in [0.717, 1.165) is 9.87 Å². The number of sulfonamides is 1. The van der Waals surface area contributed by atoms with E-state index in [9.17, 15) is 17.6 Å². The van der Waals surface area contributed by atoms with E-state index in [0.29, 0.717) is 12.2 Å². The summed E-state index contributed by atoms with van der Waals surface area (Å²) < 4.78 is 46.5. The van der Waals surface area contributed by atoms with Crippen LogP contribution in [0, 0.1) is 11.7 Å². The highest BCUT2D eigenvalue weighted by atomic mass is 32.2. The number of hydrogen-bond acceptors (Lipinski definition) is 4. The van der Waals surface area contributed by atoms with Crippen molar-refractivity contribution in [1.82, 2.24) is 5.32 Å². The van der Waals surface area contributed by atoms with Gasteiger partial charge in [0, 0.05) is 0 Å². The molecule has 3 aromatic carbocycles. The average Bonchev–Trinajstić information content (AvgIpc) is 2.83. The molecule has 1 N–H and O–H groups in total. The van der Waals surface area contributed by atoms with Crippen molar-refractivity contribution in [3.63, 3.8) is 0 Å². The quantitative estimate of drug-likeness (QED) is 0.443.